The summed E-state index contributed by atoms with van der Waals surface area (Å²) >= 11 is 1.59. The highest BCUT2D eigenvalue weighted by Crippen LogP contribution is 2.23. The van der Waals surface area contributed by atoms with E-state index >= 15 is 0 Å². The number of carbonyl (C=O) groups excluding carboxylic acids is 2. The molecule has 0 saturated heterocycles. The van der Waals surface area contributed by atoms with Crippen LogP contribution in [-0.4, -0.2) is 34.4 Å². The lowest BCUT2D eigenvalue weighted by Crippen LogP contribution is -2.42. The summed E-state index contributed by atoms with van der Waals surface area (Å²) in [4.78, 5) is 31.2. The maximum Gasteiger partial charge on any atom is 0.306 e. The van der Waals surface area contributed by atoms with Crippen molar-refractivity contribution in [3.8, 4) is 0 Å². The van der Waals surface area contributed by atoms with Crippen molar-refractivity contribution in [3.63, 3.8) is 0 Å². The highest BCUT2D eigenvalue weighted by atomic mass is 32.1. The van der Waals surface area contributed by atoms with E-state index in [1.807, 2.05) is 42.5 Å². The summed E-state index contributed by atoms with van der Waals surface area (Å²) in [5, 5.41) is 0.907. The summed E-state index contributed by atoms with van der Waals surface area (Å²) in [5.74, 6) is -0.500. The number of carbonyl (C=O) groups is 2. The topological polar surface area (TPSA) is 59.5 Å². The number of amides is 1. The Hall–Kier alpha value is -2.73. The normalized spacial score (nSPS) is 14.5. The maximum atomic E-state index is 12.7. The van der Waals surface area contributed by atoms with Gasteiger partial charge >= 0.3 is 5.97 Å². The number of ether oxygens (including phenoxy) is 1. The summed E-state index contributed by atoms with van der Waals surface area (Å²) in [6.07, 6.45) is 0.810. The third kappa shape index (κ3) is 4.07. The zero-order valence-corrected chi connectivity index (χ0v) is 16.6. The van der Waals surface area contributed by atoms with Gasteiger partial charge in [0.25, 0.3) is 5.91 Å². The van der Waals surface area contributed by atoms with Crippen LogP contribution in [0.15, 0.2) is 48.5 Å². The van der Waals surface area contributed by atoms with E-state index < -0.39 is 6.10 Å². The van der Waals surface area contributed by atoms with Crippen molar-refractivity contribution in [1.82, 2.24) is 9.88 Å². The van der Waals surface area contributed by atoms with Gasteiger partial charge in [0.2, 0.25) is 0 Å². The number of nitrogens with zero attached hydrogens (tertiary/aromatic N) is 2. The average Bonchev–Trinajstić information content (AvgIpc) is 3.14. The predicted molar refractivity (Wildman–Crippen MR) is 109 cm³/mol. The fraction of sp³-hybridized carbons (Fsp3) is 0.318. The molecule has 0 N–H and O–H groups in total. The summed E-state index contributed by atoms with van der Waals surface area (Å²) in [6, 6.07) is 16.1. The van der Waals surface area contributed by atoms with E-state index in [-0.39, 0.29) is 18.3 Å². The Kier molecular flexibility index (Phi) is 5.39. The average molecular weight is 394 g/mol. The fourth-order valence-electron chi connectivity index (χ4n) is 3.48. The molecule has 3 aromatic rings. The predicted octanol–water partition coefficient (Wildman–Crippen LogP) is 3.75. The van der Waals surface area contributed by atoms with E-state index in [9.17, 15) is 9.59 Å². The first kappa shape index (κ1) is 18.6. The molecule has 4 rings (SSSR count). The Labute approximate surface area is 168 Å². The molecule has 28 heavy (non-hydrogen) atoms. The van der Waals surface area contributed by atoms with Gasteiger partial charge in [-0.15, -0.1) is 11.3 Å². The van der Waals surface area contributed by atoms with Gasteiger partial charge < -0.3 is 9.64 Å². The van der Waals surface area contributed by atoms with Gasteiger partial charge in [0.05, 0.1) is 21.6 Å². The quantitative estimate of drug-likeness (QED) is 0.619. The molecule has 0 bridgehead atoms. The second-order valence-corrected chi connectivity index (χ2v) is 8.10. The number of aromatic nitrogens is 1. The van der Waals surface area contributed by atoms with E-state index in [0.29, 0.717) is 19.5 Å². The molecule has 0 aliphatic carbocycles. The number of thiazole rings is 1. The lowest BCUT2D eigenvalue weighted by molar-refractivity contribution is -0.159. The molecule has 0 spiro atoms. The second kappa shape index (κ2) is 8.10. The van der Waals surface area contributed by atoms with Crippen LogP contribution in [0, 0.1) is 0 Å². The van der Waals surface area contributed by atoms with Gasteiger partial charge in [0, 0.05) is 19.5 Å². The fourth-order valence-corrected chi connectivity index (χ4v) is 4.45. The van der Waals surface area contributed by atoms with Gasteiger partial charge in [0.1, 0.15) is 0 Å². The minimum Gasteiger partial charge on any atom is -0.453 e. The van der Waals surface area contributed by atoms with Crippen LogP contribution in [0.1, 0.15) is 29.5 Å². The SMILES string of the molecule is C[C@@H](OC(=O)CCc1nc2ccccc2s1)C(=O)N1CCc2ccccc2C1. The molecule has 0 fully saturated rings. The molecule has 1 aliphatic heterocycles. The number of hydrogen-bond donors (Lipinski definition) is 0. The van der Waals surface area contributed by atoms with Crippen molar-refractivity contribution in [3.05, 3.63) is 64.7 Å². The number of fused-ring (bicyclic) bond motifs is 2. The molecule has 0 saturated carbocycles. The molecule has 2 heterocycles. The van der Waals surface area contributed by atoms with Crippen molar-refractivity contribution in [2.24, 2.45) is 0 Å². The van der Waals surface area contributed by atoms with Gasteiger partial charge in [-0.25, -0.2) is 4.98 Å². The van der Waals surface area contributed by atoms with Crippen LogP contribution >= 0.6 is 11.3 Å². The van der Waals surface area contributed by atoms with Crippen LogP contribution in [0.25, 0.3) is 10.2 Å². The van der Waals surface area contributed by atoms with Crippen molar-refractivity contribution >= 4 is 33.4 Å². The minimum absolute atomic E-state index is 0.136. The molecular weight excluding hydrogens is 372 g/mol. The molecule has 1 atom stereocenters. The summed E-state index contributed by atoms with van der Waals surface area (Å²) in [5.41, 5.74) is 3.40. The van der Waals surface area contributed by atoms with E-state index in [2.05, 4.69) is 11.1 Å². The number of benzene rings is 2. The van der Waals surface area contributed by atoms with E-state index in [1.165, 1.54) is 5.56 Å². The van der Waals surface area contributed by atoms with Crippen LogP contribution < -0.4 is 0 Å². The van der Waals surface area contributed by atoms with E-state index in [4.69, 9.17) is 4.74 Å². The van der Waals surface area contributed by atoms with Crippen LogP contribution in [-0.2, 0) is 33.7 Å². The zero-order chi connectivity index (χ0) is 19.5. The molecular formula is C22H22N2O3S. The van der Waals surface area contributed by atoms with Gasteiger partial charge in [0.15, 0.2) is 6.10 Å². The number of hydrogen-bond acceptors (Lipinski definition) is 5. The Morgan fingerprint density at radius 3 is 2.71 bits per heavy atom. The molecule has 6 heteroatoms. The first-order valence-corrected chi connectivity index (χ1v) is 10.3. The van der Waals surface area contributed by atoms with Crippen LogP contribution in [0.3, 0.4) is 0 Å². The van der Waals surface area contributed by atoms with Gasteiger partial charge in [-0.05, 0) is 36.6 Å². The van der Waals surface area contributed by atoms with Gasteiger partial charge in [-0.2, -0.15) is 0 Å². The van der Waals surface area contributed by atoms with Gasteiger partial charge in [-0.1, -0.05) is 36.4 Å². The second-order valence-electron chi connectivity index (χ2n) is 6.99. The lowest BCUT2D eigenvalue weighted by Gasteiger charge is -2.30. The highest BCUT2D eigenvalue weighted by Gasteiger charge is 2.26. The Morgan fingerprint density at radius 1 is 1.14 bits per heavy atom. The lowest BCUT2D eigenvalue weighted by atomic mass is 9.99. The number of rotatable bonds is 5. The Balaban J connectivity index is 1.29. The highest BCUT2D eigenvalue weighted by molar-refractivity contribution is 7.18. The molecule has 5 nitrogen and oxygen atoms in total. The first-order chi connectivity index (χ1) is 13.6. The van der Waals surface area contributed by atoms with E-state index in [1.54, 1.807) is 23.2 Å². The van der Waals surface area contributed by atoms with Crippen molar-refractivity contribution in [1.29, 1.82) is 0 Å². The largest absolute Gasteiger partial charge is 0.453 e. The van der Waals surface area contributed by atoms with Crippen LogP contribution in [0.2, 0.25) is 0 Å². The van der Waals surface area contributed by atoms with Crippen molar-refractivity contribution in [2.75, 3.05) is 6.54 Å². The molecule has 1 aromatic heterocycles. The molecule has 0 radical (unpaired) electrons. The van der Waals surface area contributed by atoms with E-state index in [0.717, 1.165) is 27.2 Å². The minimum atomic E-state index is -0.770. The van der Waals surface area contributed by atoms with Crippen LogP contribution in [0.4, 0.5) is 0 Å². The molecule has 1 aliphatic rings. The third-order valence-corrected chi connectivity index (χ3v) is 6.08. The van der Waals surface area contributed by atoms with Crippen molar-refractivity contribution in [2.45, 2.75) is 38.8 Å². The monoisotopic (exact) mass is 394 g/mol. The first-order valence-electron chi connectivity index (χ1n) is 9.49. The smallest absolute Gasteiger partial charge is 0.306 e. The third-order valence-electron chi connectivity index (χ3n) is 4.98. The molecule has 0 unspecified atom stereocenters. The maximum absolute atomic E-state index is 12.7. The standard InChI is InChI=1S/C22H22N2O3S/c1-15(22(26)24-13-12-16-6-2-3-7-17(16)14-24)27-21(25)11-10-20-23-18-8-4-5-9-19(18)28-20/h2-9,15H,10-14H2,1H3/t15-/m1/s1. The van der Waals surface area contributed by atoms with Crippen LogP contribution in [0.5, 0.6) is 0 Å². The molecule has 2 aromatic carbocycles. The summed E-state index contributed by atoms with van der Waals surface area (Å²) < 4.78 is 6.51. The summed E-state index contributed by atoms with van der Waals surface area (Å²) in [6.45, 7) is 2.88. The van der Waals surface area contributed by atoms with Crippen molar-refractivity contribution < 1.29 is 14.3 Å². The Bertz CT molecular complexity index is 981. The molecule has 1 amide bonds. The number of para-hydroxylation sites is 1. The summed E-state index contributed by atoms with van der Waals surface area (Å²) in [7, 11) is 0. The molecule has 144 valence electrons. The number of esters is 1. The van der Waals surface area contributed by atoms with Gasteiger partial charge in [-0.3, -0.25) is 9.59 Å². The zero-order valence-electron chi connectivity index (χ0n) is 15.8. The Morgan fingerprint density at radius 2 is 1.89 bits per heavy atom. The number of aryl methyl sites for hydroxylation is 1.